The fourth-order valence-corrected chi connectivity index (χ4v) is 2.62. The summed E-state index contributed by atoms with van der Waals surface area (Å²) in [5.74, 6) is -0.165. The minimum Gasteiger partial charge on any atom is -0.324 e. The molecule has 86 valence electrons. The zero-order valence-corrected chi connectivity index (χ0v) is 9.49. The first-order valence-electron chi connectivity index (χ1n) is 5.89. The number of fused-ring (bicyclic) bond motifs is 1. The molecule has 0 fully saturated rings. The second-order valence-corrected chi connectivity index (χ2v) is 4.50. The van der Waals surface area contributed by atoms with E-state index in [1.165, 1.54) is 17.2 Å². The van der Waals surface area contributed by atoms with E-state index >= 15 is 0 Å². The zero-order chi connectivity index (χ0) is 11.8. The van der Waals surface area contributed by atoms with Crippen LogP contribution in [-0.4, -0.2) is 0 Å². The van der Waals surface area contributed by atoms with Gasteiger partial charge in [0.2, 0.25) is 0 Å². The monoisotopic (exact) mass is 227 g/mol. The summed E-state index contributed by atoms with van der Waals surface area (Å²) in [6, 6.07) is 13.0. The van der Waals surface area contributed by atoms with Gasteiger partial charge in [-0.2, -0.15) is 0 Å². The number of halogens is 1. The van der Waals surface area contributed by atoms with Crippen LogP contribution >= 0.6 is 0 Å². The maximum atomic E-state index is 13.8. The first kappa shape index (κ1) is 10.5. The molecule has 2 N–H and O–H groups in total. The number of hydrogen-bond acceptors (Lipinski definition) is 1. The minimum atomic E-state index is -0.165. The molecule has 0 spiro atoms. The van der Waals surface area contributed by atoms with Crippen LogP contribution in [0.5, 0.6) is 0 Å². The number of benzene rings is 2. The average Bonchev–Trinajstić information content (AvgIpc) is 2.72. The molecule has 1 aliphatic rings. The molecule has 0 aliphatic heterocycles. The van der Waals surface area contributed by atoms with Gasteiger partial charge in [-0.15, -0.1) is 0 Å². The quantitative estimate of drug-likeness (QED) is 0.793. The van der Waals surface area contributed by atoms with E-state index in [4.69, 9.17) is 5.73 Å². The van der Waals surface area contributed by atoms with E-state index in [1.54, 1.807) is 6.07 Å². The van der Waals surface area contributed by atoms with E-state index in [9.17, 15) is 4.39 Å². The molecule has 1 atom stereocenters. The van der Waals surface area contributed by atoms with Gasteiger partial charge in [-0.05, 0) is 35.6 Å². The minimum absolute atomic E-state index is 0.108. The van der Waals surface area contributed by atoms with Crippen LogP contribution in [0.15, 0.2) is 42.5 Å². The lowest BCUT2D eigenvalue weighted by Crippen LogP contribution is -2.05. The normalized spacial score (nSPS) is 18.1. The van der Waals surface area contributed by atoms with Crippen molar-refractivity contribution in [2.75, 3.05) is 0 Å². The van der Waals surface area contributed by atoms with Gasteiger partial charge >= 0.3 is 0 Å². The van der Waals surface area contributed by atoms with Gasteiger partial charge in [-0.3, -0.25) is 0 Å². The Morgan fingerprint density at radius 2 is 1.76 bits per heavy atom. The maximum Gasteiger partial charge on any atom is 0.131 e. The Labute approximate surface area is 100 Å². The molecule has 0 aromatic heterocycles. The highest BCUT2D eigenvalue weighted by molar-refractivity contribution is 5.70. The summed E-state index contributed by atoms with van der Waals surface area (Å²) in [7, 11) is 0. The molecular formula is C15H14FN. The summed E-state index contributed by atoms with van der Waals surface area (Å²) in [6.07, 6.45) is 1.90. The summed E-state index contributed by atoms with van der Waals surface area (Å²) >= 11 is 0. The summed E-state index contributed by atoms with van der Waals surface area (Å²) in [5, 5.41) is 0. The molecule has 0 saturated carbocycles. The zero-order valence-electron chi connectivity index (χ0n) is 9.49. The van der Waals surface area contributed by atoms with E-state index in [0.29, 0.717) is 5.56 Å². The summed E-state index contributed by atoms with van der Waals surface area (Å²) in [4.78, 5) is 0. The Morgan fingerprint density at radius 3 is 2.59 bits per heavy atom. The summed E-state index contributed by atoms with van der Waals surface area (Å²) in [5.41, 5.74) is 10.1. The van der Waals surface area contributed by atoms with Crippen LogP contribution in [0, 0.1) is 5.82 Å². The predicted octanol–water partition coefficient (Wildman–Crippen LogP) is 3.44. The second-order valence-electron chi connectivity index (χ2n) is 4.50. The molecular weight excluding hydrogens is 213 g/mol. The van der Waals surface area contributed by atoms with Crippen molar-refractivity contribution in [3.8, 4) is 11.1 Å². The predicted molar refractivity (Wildman–Crippen MR) is 67.1 cm³/mol. The van der Waals surface area contributed by atoms with Crippen molar-refractivity contribution in [1.29, 1.82) is 0 Å². The van der Waals surface area contributed by atoms with Gasteiger partial charge in [0.15, 0.2) is 0 Å². The SMILES string of the molecule is NC1CCc2c(-c3ccccc3F)cccc21. The van der Waals surface area contributed by atoms with Crippen molar-refractivity contribution >= 4 is 0 Å². The summed E-state index contributed by atoms with van der Waals surface area (Å²) < 4.78 is 13.8. The lowest BCUT2D eigenvalue weighted by molar-refractivity contribution is 0.631. The topological polar surface area (TPSA) is 26.0 Å². The summed E-state index contributed by atoms with van der Waals surface area (Å²) in [6.45, 7) is 0. The second kappa shape index (κ2) is 3.97. The fourth-order valence-electron chi connectivity index (χ4n) is 2.62. The number of nitrogens with two attached hydrogens (primary N) is 1. The third-order valence-electron chi connectivity index (χ3n) is 3.48. The molecule has 1 aliphatic carbocycles. The largest absolute Gasteiger partial charge is 0.324 e. The smallest absolute Gasteiger partial charge is 0.131 e. The van der Waals surface area contributed by atoms with Crippen molar-refractivity contribution in [2.45, 2.75) is 18.9 Å². The molecule has 0 amide bonds. The Hall–Kier alpha value is -1.67. The standard InChI is InChI=1S/C15H14FN/c16-14-7-2-1-4-12(14)10-5-3-6-13-11(10)8-9-15(13)17/h1-7,15H,8-9,17H2. The molecule has 3 rings (SSSR count). The molecule has 2 aromatic carbocycles. The van der Waals surface area contributed by atoms with E-state index in [-0.39, 0.29) is 11.9 Å². The Morgan fingerprint density at radius 1 is 1.00 bits per heavy atom. The van der Waals surface area contributed by atoms with E-state index < -0.39 is 0 Å². The van der Waals surface area contributed by atoms with Crippen LogP contribution in [0.1, 0.15) is 23.6 Å². The van der Waals surface area contributed by atoms with Gasteiger partial charge in [0.25, 0.3) is 0 Å². The lowest BCUT2D eigenvalue weighted by atomic mass is 9.96. The third-order valence-corrected chi connectivity index (χ3v) is 3.48. The van der Waals surface area contributed by atoms with Crippen molar-refractivity contribution in [2.24, 2.45) is 5.73 Å². The van der Waals surface area contributed by atoms with Gasteiger partial charge in [-0.25, -0.2) is 4.39 Å². The number of hydrogen-bond donors (Lipinski definition) is 1. The van der Waals surface area contributed by atoms with Crippen molar-refractivity contribution in [1.82, 2.24) is 0 Å². The first-order chi connectivity index (χ1) is 8.27. The van der Waals surface area contributed by atoms with Crippen molar-refractivity contribution in [3.05, 3.63) is 59.4 Å². The van der Waals surface area contributed by atoms with Crippen LogP contribution in [0.2, 0.25) is 0 Å². The van der Waals surface area contributed by atoms with Crippen LogP contribution in [0.3, 0.4) is 0 Å². The number of rotatable bonds is 1. The Balaban J connectivity index is 2.20. The third kappa shape index (κ3) is 1.65. The molecule has 0 bridgehead atoms. The lowest BCUT2D eigenvalue weighted by Gasteiger charge is -2.10. The molecule has 0 saturated heterocycles. The van der Waals surface area contributed by atoms with Crippen LogP contribution in [-0.2, 0) is 6.42 Å². The molecule has 2 aromatic rings. The van der Waals surface area contributed by atoms with E-state index in [2.05, 4.69) is 6.07 Å². The van der Waals surface area contributed by atoms with Gasteiger partial charge < -0.3 is 5.73 Å². The first-order valence-corrected chi connectivity index (χ1v) is 5.89. The fraction of sp³-hybridized carbons (Fsp3) is 0.200. The van der Waals surface area contributed by atoms with E-state index in [1.807, 2.05) is 24.3 Å². The van der Waals surface area contributed by atoms with Crippen molar-refractivity contribution in [3.63, 3.8) is 0 Å². The van der Waals surface area contributed by atoms with Crippen LogP contribution in [0.25, 0.3) is 11.1 Å². The van der Waals surface area contributed by atoms with Gasteiger partial charge in [-0.1, -0.05) is 36.4 Å². The molecule has 1 nitrogen and oxygen atoms in total. The highest BCUT2D eigenvalue weighted by atomic mass is 19.1. The molecule has 2 heteroatoms. The maximum absolute atomic E-state index is 13.8. The highest BCUT2D eigenvalue weighted by Gasteiger charge is 2.22. The van der Waals surface area contributed by atoms with Crippen LogP contribution < -0.4 is 5.73 Å². The highest BCUT2D eigenvalue weighted by Crippen LogP contribution is 2.37. The Kier molecular flexibility index (Phi) is 2.45. The van der Waals surface area contributed by atoms with Crippen molar-refractivity contribution < 1.29 is 4.39 Å². The Bertz CT molecular complexity index is 563. The average molecular weight is 227 g/mol. The molecule has 0 radical (unpaired) electrons. The van der Waals surface area contributed by atoms with Gasteiger partial charge in [0.1, 0.15) is 5.82 Å². The molecule has 0 heterocycles. The molecule has 1 unspecified atom stereocenters. The van der Waals surface area contributed by atoms with Crippen LogP contribution in [0.4, 0.5) is 4.39 Å². The van der Waals surface area contributed by atoms with Gasteiger partial charge in [0, 0.05) is 11.6 Å². The van der Waals surface area contributed by atoms with E-state index in [0.717, 1.165) is 18.4 Å². The molecule has 17 heavy (non-hydrogen) atoms. The van der Waals surface area contributed by atoms with Gasteiger partial charge in [0.05, 0.1) is 0 Å².